The van der Waals surface area contributed by atoms with Crippen molar-refractivity contribution in [3.8, 4) is 0 Å². The van der Waals surface area contributed by atoms with Gasteiger partial charge in [0.1, 0.15) is 5.82 Å². The first-order chi connectivity index (χ1) is 5.74. The van der Waals surface area contributed by atoms with E-state index in [4.69, 9.17) is 11.6 Å². The van der Waals surface area contributed by atoms with Crippen molar-refractivity contribution in [1.29, 1.82) is 0 Å². The van der Waals surface area contributed by atoms with Crippen LogP contribution in [-0.4, -0.2) is 5.33 Å². The molecule has 0 heterocycles. The molecule has 0 unspecified atom stereocenters. The first kappa shape index (κ1) is 9.75. The van der Waals surface area contributed by atoms with Gasteiger partial charge in [-0.2, -0.15) is 0 Å². The van der Waals surface area contributed by atoms with E-state index < -0.39 is 0 Å². The molecule has 0 bridgehead atoms. The fourth-order valence-electron chi connectivity index (χ4n) is 0.797. The summed E-state index contributed by atoms with van der Waals surface area (Å²) in [6, 6.07) is 4.63. The molecule has 0 N–H and O–H groups in total. The number of halogens is 3. The Balaban J connectivity index is 2.89. The minimum Gasteiger partial charge on any atom is -0.205 e. The maximum Gasteiger partial charge on any atom is 0.141 e. The van der Waals surface area contributed by atoms with Crippen LogP contribution in [0.4, 0.5) is 4.39 Å². The first-order valence-electron chi connectivity index (χ1n) is 3.41. The Morgan fingerprint density at radius 2 is 2.25 bits per heavy atom. The van der Waals surface area contributed by atoms with Crippen molar-refractivity contribution in [2.75, 3.05) is 5.33 Å². The van der Waals surface area contributed by atoms with Gasteiger partial charge in [0.15, 0.2) is 0 Å². The lowest BCUT2D eigenvalue weighted by molar-refractivity contribution is 0.628. The molecule has 0 aromatic heterocycles. The average molecular weight is 250 g/mol. The Kier molecular flexibility index (Phi) is 3.76. The molecule has 0 nitrogen and oxygen atoms in total. The van der Waals surface area contributed by atoms with E-state index in [9.17, 15) is 4.39 Å². The topological polar surface area (TPSA) is 0 Å². The van der Waals surface area contributed by atoms with Gasteiger partial charge in [-0.05, 0) is 17.7 Å². The van der Waals surface area contributed by atoms with Gasteiger partial charge in [0.05, 0.1) is 5.02 Å². The van der Waals surface area contributed by atoms with Crippen molar-refractivity contribution in [2.24, 2.45) is 0 Å². The summed E-state index contributed by atoms with van der Waals surface area (Å²) in [6.07, 6.45) is 3.80. The quantitative estimate of drug-likeness (QED) is 0.698. The fraction of sp³-hybridized carbons (Fsp3) is 0.111. The summed E-state index contributed by atoms with van der Waals surface area (Å²) >= 11 is 8.82. The van der Waals surface area contributed by atoms with Crippen LogP contribution in [0.25, 0.3) is 6.08 Å². The standard InChI is InChI=1S/C9H7BrClF/c10-5-1-2-7-3-4-9(12)8(11)6-7/h1-4,6H,5H2. The summed E-state index contributed by atoms with van der Waals surface area (Å²) in [5.41, 5.74) is 0.904. The molecule has 0 fully saturated rings. The first-order valence-corrected chi connectivity index (χ1v) is 4.91. The van der Waals surface area contributed by atoms with E-state index in [1.807, 2.05) is 12.2 Å². The van der Waals surface area contributed by atoms with Gasteiger partial charge in [-0.3, -0.25) is 0 Å². The Hall–Kier alpha value is -0.340. The maximum atomic E-state index is 12.7. The molecular weight excluding hydrogens is 242 g/mol. The molecule has 0 saturated heterocycles. The van der Waals surface area contributed by atoms with Crippen LogP contribution in [0.5, 0.6) is 0 Å². The predicted octanol–water partition coefficient (Wildman–Crippen LogP) is 3.89. The third-order valence-corrected chi connectivity index (χ3v) is 2.01. The van der Waals surface area contributed by atoms with E-state index >= 15 is 0 Å². The second-order valence-corrected chi connectivity index (χ2v) is 3.28. The second kappa shape index (κ2) is 4.63. The minimum atomic E-state index is -0.382. The van der Waals surface area contributed by atoms with Crippen LogP contribution in [-0.2, 0) is 0 Å². The maximum absolute atomic E-state index is 12.7. The van der Waals surface area contributed by atoms with E-state index in [-0.39, 0.29) is 10.8 Å². The van der Waals surface area contributed by atoms with Gasteiger partial charge in [-0.1, -0.05) is 45.7 Å². The third-order valence-electron chi connectivity index (χ3n) is 1.34. The molecule has 0 spiro atoms. The fourth-order valence-corrected chi connectivity index (χ4v) is 1.17. The lowest BCUT2D eigenvalue weighted by atomic mass is 10.2. The van der Waals surface area contributed by atoms with E-state index in [1.165, 1.54) is 6.07 Å². The highest BCUT2D eigenvalue weighted by Gasteiger charge is 1.97. The molecule has 0 aliphatic rings. The predicted molar refractivity (Wildman–Crippen MR) is 54.2 cm³/mol. The number of allylic oxidation sites excluding steroid dienone is 1. The van der Waals surface area contributed by atoms with E-state index in [0.717, 1.165) is 10.9 Å². The molecule has 3 heteroatoms. The molecule has 0 saturated carbocycles. The molecule has 12 heavy (non-hydrogen) atoms. The van der Waals surface area contributed by atoms with Gasteiger partial charge >= 0.3 is 0 Å². The number of hydrogen-bond donors (Lipinski definition) is 0. The Bertz CT molecular complexity index is 297. The zero-order valence-electron chi connectivity index (χ0n) is 6.23. The van der Waals surface area contributed by atoms with Crippen LogP contribution in [0.15, 0.2) is 24.3 Å². The molecule has 1 aromatic rings. The largest absolute Gasteiger partial charge is 0.205 e. The monoisotopic (exact) mass is 248 g/mol. The van der Waals surface area contributed by atoms with Crippen LogP contribution in [0.3, 0.4) is 0 Å². The van der Waals surface area contributed by atoms with Gasteiger partial charge in [-0.25, -0.2) is 4.39 Å². The van der Waals surface area contributed by atoms with Gasteiger partial charge in [0.25, 0.3) is 0 Å². The number of benzene rings is 1. The summed E-state index contributed by atoms with van der Waals surface area (Å²) in [4.78, 5) is 0. The molecule has 0 aliphatic heterocycles. The third kappa shape index (κ3) is 2.61. The molecule has 1 aromatic carbocycles. The smallest absolute Gasteiger partial charge is 0.141 e. The highest BCUT2D eigenvalue weighted by Crippen LogP contribution is 2.16. The highest BCUT2D eigenvalue weighted by molar-refractivity contribution is 9.09. The molecule has 64 valence electrons. The van der Waals surface area contributed by atoms with Crippen molar-refractivity contribution in [1.82, 2.24) is 0 Å². The molecule has 1 rings (SSSR count). The molecule has 0 aliphatic carbocycles. The summed E-state index contributed by atoms with van der Waals surface area (Å²) in [7, 11) is 0. The Labute approximate surface area is 84.2 Å². The second-order valence-electron chi connectivity index (χ2n) is 2.23. The van der Waals surface area contributed by atoms with Gasteiger partial charge < -0.3 is 0 Å². The van der Waals surface area contributed by atoms with Crippen molar-refractivity contribution in [3.05, 3.63) is 40.7 Å². The molecular formula is C9H7BrClF. The van der Waals surface area contributed by atoms with Crippen molar-refractivity contribution < 1.29 is 4.39 Å². The van der Waals surface area contributed by atoms with Gasteiger partial charge in [-0.15, -0.1) is 0 Å². The van der Waals surface area contributed by atoms with Crippen LogP contribution in [0.1, 0.15) is 5.56 Å². The van der Waals surface area contributed by atoms with Crippen LogP contribution in [0.2, 0.25) is 5.02 Å². The SMILES string of the molecule is Fc1ccc(C=CCBr)cc1Cl. The summed E-state index contributed by atoms with van der Waals surface area (Å²) in [5.74, 6) is -0.382. The average Bonchev–Trinajstić information content (AvgIpc) is 2.07. The zero-order chi connectivity index (χ0) is 8.97. The summed E-state index contributed by atoms with van der Waals surface area (Å²) in [5, 5.41) is 0.939. The van der Waals surface area contributed by atoms with E-state index in [1.54, 1.807) is 12.1 Å². The van der Waals surface area contributed by atoms with Crippen molar-refractivity contribution in [2.45, 2.75) is 0 Å². The van der Waals surface area contributed by atoms with Crippen LogP contribution in [0, 0.1) is 5.82 Å². The van der Waals surface area contributed by atoms with Crippen molar-refractivity contribution in [3.63, 3.8) is 0 Å². The number of hydrogen-bond acceptors (Lipinski definition) is 0. The van der Waals surface area contributed by atoms with Crippen LogP contribution >= 0.6 is 27.5 Å². The zero-order valence-corrected chi connectivity index (χ0v) is 8.57. The summed E-state index contributed by atoms with van der Waals surface area (Å²) < 4.78 is 12.7. The van der Waals surface area contributed by atoms with Crippen LogP contribution < -0.4 is 0 Å². The molecule has 0 radical (unpaired) electrons. The lowest BCUT2D eigenvalue weighted by Gasteiger charge is -1.95. The lowest BCUT2D eigenvalue weighted by Crippen LogP contribution is -1.77. The highest BCUT2D eigenvalue weighted by atomic mass is 79.9. The molecule has 0 amide bonds. The Morgan fingerprint density at radius 3 is 2.83 bits per heavy atom. The van der Waals surface area contributed by atoms with E-state index in [0.29, 0.717) is 0 Å². The van der Waals surface area contributed by atoms with Crippen molar-refractivity contribution >= 4 is 33.6 Å². The molecule has 0 atom stereocenters. The number of alkyl halides is 1. The van der Waals surface area contributed by atoms with Gasteiger partial charge in [0, 0.05) is 5.33 Å². The van der Waals surface area contributed by atoms with E-state index in [2.05, 4.69) is 15.9 Å². The normalized spacial score (nSPS) is 10.9. The number of rotatable bonds is 2. The van der Waals surface area contributed by atoms with Gasteiger partial charge in [0.2, 0.25) is 0 Å². The summed E-state index contributed by atoms with van der Waals surface area (Å²) in [6.45, 7) is 0. The Morgan fingerprint density at radius 1 is 1.50 bits per heavy atom. The minimum absolute atomic E-state index is 0.159.